The van der Waals surface area contributed by atoms with E-state index in [0.29, 0.717) is 18.6 Å². The third-order valence-electron chi connectivity index (χ3n) is 6.03. The third-order valence-corrected chi connectivity index (χ3v) is 6.03. The first-order valence-electron chi connectivity index (χ1n) is 12.3. The van der Waals surface area contributed by atoms with Gasteiger partial charge in [-0.05, 0) is 61.2 Å². The van der Waals surface area contributed by atoms with Crippen molar-refractivity contribution < 1.29 is 44.3 Å². The van der Waals surface area contributed by atoms with Crippen LogP contribution >= 0.6 is 0 Å². The van der Waals surface area contributed by atoms with Crippen LogP contribution in [0.15, 0.2) is 72.8 Å². The first kappa shape index (κ1) is 30.3. The highest BCUT2D eigenvalue weighted by molar-refractivity contribution is 5.66. The van der Waals surface area contributed by atoms with Crippen LogP contribution in [-0.4, -0.2) is 0 Å². The Bertz CT molecular complexity index is 1690. The van der Waals surface area contributed by atoms with E-state index in [4.69, 9.17) is 0 Å². The van der Waals surface area contributed by atoms with E-state index in [1.54, 1.807) is 6.07 Å². The van der Waals surface area contributed by atoms with Crippen LogP contribution in [0.5, 0.6) is 5.75 Å². The van der Waals surface area contributed by atoms with Crippen molar-refractivity contribution >= 4 is 0 Å². The van der Waals surface area contributed by atoms with Crippen molar-refractivity contribution in [3.8, 4) is 28.7 Å². The van der Waals surface area contributed by atoms with E-state index in [1.807, 2.05) is 19.1 Å². The van der Waals surface area contributed by atoms with Crippen LogP contribution in [0.1, 0.15) is 35.6 Å². The highest BCUT2D eigenvalue weighted by Crippen LogP contribution is 2.36. The number of allylic oxidation sites excluding steroid dienone is 2. The molecular formula is C32H19F9O. The zero-order chi connectivity index (χ0) is 30.6. The Morgan fingerprint density at radius 3 is 1.98 bits per heavy atom. The quantitative estimate of drug-likeness (QED) is 0.0902. The molecule has 0 fully saturated rings. The van der Waals surface area contributed by atoms with Crippen molar-refractivity contribution in [1.29, 1.82) is 0 Å². The molecule has 4 rings (SSSR count). The minimum Gasteiger partial charge on any atom is -0.429 e. The minimum absolute atomic E-state index is 0.0810. The topological polar surface area (TPSA) is 9.23 Å². The molecule has 0 aromatic heterocycles. The number of aryl methyl sites for hydroxylation is 1. The summed E-state index contributed by atoms with van der Waals surface area (Å²) in [6, 6.07) is 9.28. The molecule has 0 spiro atoms. The zero-order valence-electron chi connectivity index (χ0n) is 21.7. The Kier molecular flexibility index (Phi) is 9.00. The molecule has 0 atom stereocenters. The molecule has 4 aromatic carbocycles. The molecular weight excluding hydrogens is 571 g/mol. The fourth-order valence-corrected chi connectivity index (χ4v) is 4.00. The van der Waals surface area contributed by atoms with Gasteiger partial charge in [0.2, 0.25) is 0 Å². The highest BCUT2D eigenvalue weighted by atomic mass is 19.3. The van der Waals surface area contributed by atoms with E-state index < -0.39 is 63.7 Å². The average Bonchev–Trinajstić information content (AvgIpc) is 2.90. The fourth-order valence-electron chi connectivity index (χ4n) is 4.00. The second-order valence-electron chi connectivity index (χ2n) is 9.00. The maximum Gasteiger partial charge on any atom is 0.432 e. The number of hydrogen-bond donors (Lipinski definition) is 0. The summed E-state index contributed by atoms with van der Waals surface area (Å²) in [5, 5.41) is 0. The Hall–Kier alpha value is -4.65. The predicted molar refractivity (Wildman–Crippen MR) is 138 cm³/mol. The van der Waals surface area contributed by atoms with Crippen LogP contribution in [0.3, 0.4) is 0 Å². The first-order valence-corrected chi connectivity index (χ1v) is 12.3. The summed E-state index contributed by atoms with van der Waals surface area (Å²) in [4.78, 5) is 0. The average molecular weight is 590 g/mol. The smallest absolute Gasteiger partial charge is 0.429 e. The normalized spacial score (nSPS) is 11.5. The molecule has 10 heteroatoms. The summed E-state index contributed by atoms with van der Waals surface area (Å²) < 4.78 is 131. The van der Waals surface area contributed by atoms with Crippen LogP contribution in [-0.2, 0) is 12.5 Å². The highest BCUT2D eigenvalue weighted by Gasteiger charge is 2.41. The second kappa shape index (κ2) is 12.5. The van der Waals surface area contributed by atoms with Gasteiger partial charge in [-0.1, -0.05) is 42.2 Å². The van der Waals surface area contributed by atoms with E-state index >= 15 is 0 Å². The van der Waals surface area contributed by atoms with Gasteiger partial charge in [0.1, 0.15) is 34.6 Å². The van der Waals surface area contributed by atoms with Crippen LogP contribution in [0.4, 0.5) is 39.5 Å². The van der Waals surface area contributed by atoms with Gasteiger partial charge in [0.25, 0.3) is 0 Å². The monoisotopic (exact) mass is 590 g/mol. The maximum absolute atomic E-state index is 14.7. The number of ether oxygens (including phenoxy) is 1. The molecule has 1 nitrogen and oxygen atoms in total. The Morgan fingerprint density at radius 2 is 1.38 bits per heavy atom. The summed E-state index contributed by atoms with van der Waals surface area (Å²) in [6.07, 6.45) is 0.441. The molecule has 42 heavy (non-hydrogen) atoms. The van der Waals surface area contributed by atoms with Crippen LogP contribution in [0, 0.1) is 52.6 Å². The summed E-state index contributed by atoms with van der Waals surface area (Å²) in [5.41, 5.74) is -1.43. The summed E-state index contributed by atoms with van der Waals surface area (Å²) in [5.74, 6) is -7.36. The van der Waals surface area contributed by atoms with E-state index in [2.05, 4.69) is 16.6 Å². The third kappa shape index (κ3) is 6.79. The van der Waals surface area contributed by atoms with Gasteiger partial charge in [-0.25, -0.2) is 30.7 Å². The van der Waals surface area contributed by atoms with Crippen molar-refractivity contribution in [1.82, 2.24) is 0 Å². The lowest BCUT2D eigenvalue weighted by molar-refractivity contribution is -0.189. The Balaban J connectivity index is 1.55. The molecule has 0 aliphatic heterocycles. The van der Waals surface area contributed by atoms with E-state index in [-0.39, 0.29) is 28.8 Å². The SMILES string of the molecule is C/C=C/CCc1ccc(-c2ccc(C#Cc3cc(F)c(C(F)(F)Oc4cc(F)c(F)c(F)c4)c(F)c3)c(F)c2)c(F)c1. The maximum atomic E-state index is 14.7. The van der Waals surface area contributed by atoms with Crippen LogP contribution in [0.25, 0.3) is 11.1 Å². The Morgan fingerprint density at radius 1 is 0.714 bits per heavy atom. The molecule has 0 unspecified atom stereocenters. The van der Waals surface area contributed by atoms with Gasteiger partial charge in [-0.15, -0.1) is 0 Å². The molecule has 0 saturated carbocycles. The number of rotatable bonds is 7. The molecule has 0 heterocycles. The first-order chi connectivity index (χ1) is 19.9. The molecule has 0 bridgehead atoms. The van der Waals surface area contributed by atoms with Gasteiger partial charge in [0.15, 0.2) is 17.5 Å². The number of halogens is 9. The van der Waals surface area contributed by atoms with Crippen molar-refractivity contribution in [3.63, 3.8) is 0 Å². The Labute approximate surface area is 234 Å². The van der Waals surface area contributed by atoms with Gasteiger partial charge < -0.3 is 4.74 Å². The number of hydrogen-bond acceptors (Lipinski definition) is 1. The van der Waals surface area contributed by atoms with Gasteiger partial charge in [-0.2, -0.15) is 8.78 Å². The predicted octanol–water partition coefficient (Wildman–Crippen LogP) is 9.36. The molecule has 0 radical (unpaired) electrons. The second-order valence-corrected chi connectivity index (χ2v) is 9.00. The minimum atomic E-state index is -4.77. The summed E-state index contributed by atoms with van der Waals surface area (Å²) >= 11 is 0. The van der Waals surface area contributed by atoms with Gasteiger partial charge in [0, 0.05) is 23.3 Å². The van der Waals surface area contributed by atoms with Crippen LogP contribution in [0.2, 0.25) is 0 Å². The van der Waals surface area contributed by atoms with Crippen molar-refractivity contribution in [3.05, 3.63) is 136 Å². The summed E-state index contributed by atoms with van der Waals surface area (Å²) in [7, 11) is 0. The fraction of sp³-hybridized carbons (Fsp3) is 0.125. The van der Waals surface area contributed by atoms with Crippen LogP contribution < -0.4 is 4.74 Å². The molecule has 0 aliphatic rings. The van der Waals surface area contributed by atoms with Crippen molar-refractivity contribution in [2.75, 3.05) is 0 Å². The molecule has 4 aromatic rings. The lowest BCUT2D eigenvalue weighted by Crippen LogP contribution is -2.25. The molecule has 216 valence electrons. The number of benzene rings is 4. The van der Waals surface area contributed by atoms with E-state index in [1.165, 1.54) is 24.3 Å². The molecule has 0 saturated heterocycles. The molecule has 0 N–H and O–H groups in total. The summed E-state index contributed by atoms with van der Waals surface area (Å²) in [6.45, 7) is 1.88. The van der Waals surface area contributed by atoms with E-state index in [9.17, 15) is 39.5 Å². The largest absolute Gasteiger partial charge is 0.432 e. The standard InChI is InChI=1S/C32H19F9O/c1-2-3-4-5-18-7-11-23(25(34)12-18)21-10-9-20(24(33)15-21)8-6-19-13-26(35)30(27(36)14-19)32(40,41)42-22-16-28(37)31(39)29(38)17-22/h2-3,7,9-17H,4-5H2,1H3/b3-2+. The zero-order valence-corrected chi connectivity index (χ0v) is 21.7. The van der Waals surface area contributed by atoms with E-state index in [0.717, 1.165) is 18.1 Å². The lowest BCUT2D eigenvalue weighted by atomic mass is 10.00. The van der Waals surface area contributed by atoms with Crippen molar-refractivity contribution in [2.45, 2.75) is 25.9 Å². The van der Waals surface area contributed by atoms with Gasteiger partial charge in [-0.3, -0.25) is 0 Å². The van der Waals surface area contributed by atoms with Gasteiger partial charge >= 0.3 is 6.11 Å². The van der Waals surface area contributed by atoms with Gasteiger partial charge in [0.05, 0.1) is 5.56 Å². The molecule has 0 aliphatic carbocycles. The lowest BCUT2D eigenvalue weighted by Gasteiger charge is -2.19. The molecule has 0 amide bonds. The van der Waals surface area contributed by atoms with Crippen molar-refractivity contribution in [2.24, 2.45) is 0 Å². The number of alkyl halides is 2.